The smallest absolute Gasteiger partial charge is 0.428 e. The van der Waals surface area contributed by atoms with Crippen molar-refractivity contribution in [1.29, 1.82) is 0 Å². The van der Waals surface area contributed by atoms with Crippen LogP contribution >= 0.6 is 0 Å². The first kappa shape index (κ1) is 18.3. The highest BCUT2D eigenvalue weighted by atomic mass is 16.6. The van der Waals surface area contributed by atoms with E-state index in [1.807, 2.05) is 0 Å². The van der Waals surface area contributed by atoms with Gasteiger partial charge in [-0.05, 0) is 19.9 Å². The maximum absolute atomic E-state index is 12.2. The van der Waals surface area contributed by atoms with Crippen LogP contribution < -0.4 is 5.43 Å². The van der Waals surface area contributed by atoms with E-state index in [1.165, 1.54) is 6.92 Å². The van der Waals surface area contributed by atoms with Crippen LogP contribution in [0.25, 0.3) is 11.0 Å². The SMILES string of the molecule is CCOC(=O)c1oc2ccccc2c1CN(NC(C)=O)C(=O)OCC. The standard InChI is InChI=1S/C17H20N2O6/c1-4-23-16(21)15-13(12-8-6-7-9-14(12)25-15)10-19(18-11(3)20)17(22)24-5-2/h6-9H,4-5,10H2,1-3H3,(H,18,20). The van der Waals surface area contributed by atoms with Crippen molar-refractivity contribution in [2.75, 3.05) is 13.2 Å². The Balaban J connectivity index is 2.45. The van der Waals surface area contributed by atoms with Gasteiger partial charge in [0, 0.05) is 17.9 Å². The fourth-order valence-electron chi connectivity index (χ4n) is 2.32. The Morgan fingerprint density at radius 2 is 1.80 bits per heavy atom. The zero-order valence-electron chi connectivity index (χ0n) is 14.3. The first-order valence-corrected chi connectivity index (χ1v) is 7.86. The first-order chi connectivity index (χ1) is 12.0. The first-order valence-electron chi connectivity index (χ1n) is 7.86. The van der Waals surface area contributed by atoms with Crippen molar-refractivity contribution in [2.45, 2.75) is 27.3 Å². The van der Waals surface area contributed by atoms with E-state index in [1.54, 1.807) is 38.1 Å². The average Bonchev–Trinajstić information content (AvgIpc) is 2.93. The van der Waals surface area contributed by atoms with Gasteiger partial charge in [-0.1, -0.05) is 18.2 Å². The molecule has 0 aliphatic carbocycles. The van der Waals surface area contributed by atoms with Gasteiger partial charge in [0.15, 0.2) is 0 Å². The third-order valence-corrected chi connectivity index (χ3v) is 3.26. The lowest BCUT2D eigenvalue weighted by Crippen LogP contribution is -2.45. The molecule has 1 heterocycles. The summed E-state index contributed by atoms with van der Waals surface area (Å²) in [6.45, 7) is 4.83. The summed E-state index contributed by atoms with van der Waals surface area (Å²) < 4.78 is 15.5. The lowest BCUT2D eigenvalue weighted by atomic mass is 10.1. The number of carbonyl (C=O) groups excluding carboxylic acids is 3. The van der Waals surface area contributed by atoms with Crippen molar-refractivity contribution in [2.24, 2.45) is 0 Å². The minimum absolute atomic E-state index is 0.0114. The zero-order chi connectivity index (χ0) is 18.4. The minimum atomic E-state index is -0.738. The van der Waals surface area contributed by atoms with Gasteiger partial charge in [-0.25, -0.2) is 14.6 Å². The van der Waals surface area contributed by atoms with Crippen molar-refractivity contribution in [1.82, 2.24) is 10.4 Å². The van der Waals surface area contributed by atoms with E-state index in [-0.39, 0.29) is 25.5 Å². The van der Waals surface area contributed by atoms with Crippen LogP contribution in [0.3, 0.4) is 0 Å². The van der Waals surface area contributed by atoms with Crippen LogP contribution in [-0.4, -0.2) is 36.2 Å². The van der Waals surface area contributed by atoms with E-state index >= 15 is 0 Å². The summed E-state index contributed by atoms with van der Waals surface area (Å²) in [5.41, 5.74) is 3.30. The summed E-state index contributed by atoms with van der Waals surface area (Å²) in [6, 6.07) is 7.01. The maximum atomic E-state index is 12.2. The Morgan fingerprint density at radius 3 is 2.44 bits per heavy atom. The molecular formula is C17H20N2O6. The minimum Gasteiger partial charge on any atom is -0.460 e. The largest absolute Gasteiger partial charge is 0.460 e. The van der Waals surface area contributed by atoms with E-state index in [0.29, 0.717) is 16.5 Å². The third-order valence-electron chi connectivity index (χ3n) is 3.26. The second-order valence-electron chi connectivity index (χ2n) is 5.08. The van der Waals surface area contributed by atoms with E-state index in [2.05, 4.69) is 5.43 Å². The molecule has 0 saturated carbocycles. The number of esters is 1. The number of ether oxygens (including phenoxy) is 2. The molecule has 2 amide bonds. The summed E-state index contributed by atoms with van der Waals surface area (Å²) in [6.07, 6.45) is -0.738. The van der Waals surface area contributed by atoms with Gasteiger partial charge in [-0.2, -0.15) is 0 Å². The fourth-order valence-corrected chi connectivity index (χ4v) is 2.32. The number of nitrogens with one attached hydrogen (secondary N) is 1. The molecule has 2 aromatic rings. The Bertz CT molecular complexity index is 783. The molecule has 8 nitrogen and oxygen atoms in total. The summed E-state index contributed by atoms with van der Waals surface area (Å²) in [5.74, 6) is -1.10. The molecule has 0 radical (unpaired) electrons. The Hall–Kier alpha value is -3.03. The molecule has 0 unspecified atom stereocenters. The van der Waals surface area contributed by atoms with E-state index in [4.69, 9.17) is 13.9 Å². The Labute approximate surface area is 144 Å². The number of para-hydroxylation sites is 1. The van der Waals surface area contributed by atoms with Gasteiger partial charge in [0.1, 0.15) is 5.58 Å². The van der Waals surface area contributed by atoms with Gasteiger partial charge >= 0.3 is 12.1 Å². The van der Waals surface area contributed by atoms with Crippen molar-refractivity contribution in [3.8, 4) is 0 Å². The van der Waals surface area contributed by atoms with Crippen molar-refractivity contribution >= 4 is 28.9 Å². The Morgan fingerprint density at radius 1 is 1.12 bits per heavy atom. The highest BCUT2D eigenvalue weighted by Crippen LogP contribution is 2.27. The van der Waals surface area contributed by atoms with E-state index in [9.17, 15) is 14.4 Å². The fraction of sp³-hybridized carbons (Fsp3) is 0.353. The molecule has 1 aromatic carbocycles. The average molecular weight is 348 g/mol. The maximum Gasteiger partial charge on any atom is 0.428 e. The molecule has 0 spiro atoms. The molecule has 0 aliphatic rings. The molecule has 25 heavy (non-hydrogen) atoms. The Kier molecular flexibility index (Phi) is 5.99. The van der Waals surface area contributed by atoms with Crippen LogP contribution in [0, 0.1) is 0 Å². The quantitative estimate of drug-likeness (QED) is 0.659. The van der Waals surface area contributed by atoms with Gasteiger partial charge in [-0.3, -0.25) is 10.2 Å². The van der Waals surface area contributed by atoms with Crippen LogP contribution in [0.2, 0.25) is 0 Å². The zero-order valence-corrected chi connectivity index (χ0v) is 14.3. The highest BCUT2D eigenvalue weighted by Gasteiger charge is 2.26. The number of carbonyl (C=O) groups is 3. The molecule has 0 aliphatic heterocycles. The predicted molar refractivity (Wildman–Crippen MR) is 88.6 cm³/mol. The highest BCUT2D eigenvalue weighted by molar-refractivity contribution is 5.96. The van der Waals surface area contributed by atoms with Crippen molar-refractivity contribution < 1.29 is 28.3 Å². The molecule has 1 aromatic heterocycles. The number of furan rings is 1. The van der Waals surface area contributed by atoms with Crippen molar-refractivity contribution in [3.63, 3.8) is 0 Å². The second-order valence-corrected chi connectivity index (χ2v) is 5.08. The second kappa shape index (κ2) is 8.18. The molecule has 8 heteroatoms. The van der Waals surface area contributed by atoms with Gasteiger partial charge < -0.3 is 13.9 Å². The predicted octanol–water partition coefficient (Wildman–Crippen LogP) is 2.62. The van der Waals surface area contributed by atoms with Crippen LogP contribution in [0.5, 0.6) is 0 Å². The number of hydrogen-bond acceptors (Lipinski definition) is 6. The summed E-state index contributed by atoms with van der Waals surface area (Å²) in [7, 11) is 0. The van der Waals surface area contributed by atoms with Crippen LogP contribution in [0.1, 0.15) is 36.9 Å². The molecule has 0 atom stereocenters. The molecule has 2 rings (SSSR count). The number of fused-ring (bicyclic) bond motifs is 1. The molecule has 0 fully saturated rings. The number of hydrogen-bond donors (Lipinski definition) is 1. The van der Waals surface area contributed by atoms with Gasteiger partial charge in [0.05, 0.1) is 19.8 Å². The number of rotatable bonds is 5. The van der Waals surface area contributed by atoms with Crippen LogP contribution in [-0.2, 0) is 20.8 Å². The third kappa shape index (κ3) is 4.28. The summed E-state index contributed by atoms with van der Waals surface area (Å²) in [4.78, 5) is 35.7. The number of hydrazine groups is 1. The van der Waals surface area contributed by atoms with Crippen LogP contribution in [0.4, 0.5) is 4.79 Å². The monoisotopic (exact) mass is 348 g/mol. The number of nitrogens with zero attached hydrogens (tertiary/aromatic N) is 1. The lowest BCUT2D eigenvalue weighted by molar-refractivity contribution is -0.123. The van der Waals surface area contributed by atoms with Gasteiger partial charge in [-0.15, -0.1) is 0 Å². The molecule has 1 N–H and O–H groups in total. The topological polar surface area (TPSA) is 98.1 Å². The number of benzene rings is 1. The van der Waals surface area contributed by atoms with Gasteiger partial charge in [0.25, 0.3) is 0 Å². The van der Waals surface area contributed by atoms with Crippen molar-refractivity contribution in [3.05, 3.63) is 35.6 Å². The van der Waals surface area contributed by atoms with Crippen LogP contribution in [0.15, 0.2) is 28.7 Å². The molecule has 0 saturated heterocycles. The number of amides is 2. The summed E-state index contributed by atoms with van der Waals surface area (Å²) in [5, 5.41) is 1.64. The molecule has 134 valence electrons. The lowest BCUT2D eigenvalue weighted by Gasteiger charge is -2.21. The van der Waals surface area contributed by atoms with E-state index in [0.717, 1.165) is 5.01 Å². The normalized spacial score (nSPS) is 10.4. The summed E-state index contributed by atoms with van der Waals surface area (Å²) >= 11 is 0. The van der Waals surface area contributed by atoms with Gasteiger partial charge in [0.2, 0.25) is 11.7 Å². The molecular weight excluding hydrogens is 328 g/mol. The molecule has 0 bridgehead atoms. The van der Waals surface area contributed by atoms with E-state index < -0.39 is 18.0 Å².